The van der Waals surface area contributed by atoms with E-state index in [0.29, 0.717) is 5.92 Å². The van der Waals surface area contributed by atoms with Gasteiger partial charge in [-0.3, -0.25) is 0 Å². The molecule has 0 bridgehead atoms. The molecule has 0 N–H and O–H groups in total. The van der Waals surface area contributed by atoms with E-state index in [1.54, 1.807) is 0 Å². The van der Waals surface area contributed by atoms with Gasteiger partial charge in [0.1, 0.15) is 5.75 Å². The molecule has 0 saturated heterocycles. The van der Waals surface area contributed by atoms with Crippen LogP contribution in [-0.2, 0) is 4.74 Å². The van der Waals surface area contributed by atoms with Crippen LogP contribution in [0.3, 0.4) is 0 Å². The van der Waals surface area contributed by atoms with Crippen molar-refractivity contribution >= 4 is 0 Å². The number of hydrogen-bond acceptors (Lipinski definition) is 2. The zero-order valence-electron chi connectivity index (χ0n) is 17.6. The van der Waals surface area contributed by atoms with Crippen LogP contribution in [0.2, 0.25) is 0 Å². The van der Waals surface area contributed by atoms with E-state index in [4.69, 9.17) is 9.47 Å². The highest BCUT2D eigenvalue weighted by Crippen LogP contribution is 2.35. The summed E-state index contributed by atoms with van der Waals surface area (Å²) in [5, 5.41) is 0. The molecular weight excluding hydrogens is 308 g/mol. The Balaban J connectivity index is 2.84. The molecular formula is C23H40O2. The first-order chi connectivity index (χ1) is 11.9. The lowest BCUT2D eigenvalue weighted by Gasteiger charge is -2.33. The van der Waals surface area contributed by atoms with Gasteiger partial charge in [0.05, 0.1) is 6.10 Å². The Hall–Kier alpha value is -1.02. The molecule has 2 atom stereocenters. The molecule has 0 aromatic heterocycles. The van der Waals surface area contributed by atoms with Crippen LogP contribution in [0.1, 0.15) is 98.5 Å². The van der Waals surface area contributed by atoms with E-state index in [-0.39, 0.29) is 17.8 Å². The van der Waals surface area contributed by atoms with Gasteiger partial charge in [-0.05, 0) is 62.1 Å². The second-order valence-corrected chi connectivity index (χ2v) is 7.93. The van der Waals surface area contributed by atoms with E-state index >= 15 is 0 Å². The molecule has 0 radical (unpaired) electrons. The molecule has 2 heteroatoms. The Kier molecular flexibility index (Phi) is 9.56. The molecule has 0 aliphatic heterocycles. The van der Waals surface area contributed by atoms with E-state index in [1.807, 2.05) is 0 Å². The van der Waals surface area contributed by atoms with Crippen LogP contribution in [0.5, 0.6) is 5.75 Å². The van der Waals surface area contributed by atoms with Crippen molar-refractivity contribution in [2.45, 2.75) is 105 Å². The molecule has 1 aromatic carbocycles. The smallest absolute Gasteiger partial charge is 0.200 e. The fraction of sp³-hybridized carbons (Fsp3) is 0.739. The summed E-state index contributed by atoms with van der Waals surface area (Å²) >= 11 is 0. The summed E-state index contributed by atoms with van der Waals surface area (Å²) in [7, 11) is 0. The summed E-state index contributed by atoms with van der Waals surface area (Å²) in [6, 6.07) is 8.63. The monoisotopic (exact) mass is 348 g/mol. The zero-order chi connectivity index (χ0) is 18.9. The largest absolute Gasteiger partial charge is 0.465 e. The Morgan fingerprint density at radius 2 is 1.56 bits per heavy atom. The molecule has 144 valence electrons. The lowest BCUT2D eigenvalue weighted by Crippen LogP contribution is -2.31. The average Bonchev–Trinajstić information content (AvgIpc) is 2.57. The third-order valence-corrected chi connectivity index (χ3v) is 5.40. The van der Waals surface area contributed by atoms with E-state index in [9.17, 15) is 0 Å². The van der Waals surface area contributed by atoms with Crippen LogP contribution in [0, 0.1) is 5.41 Å². The van der Waals surface area contributed by atoms with E-state index < -0.39 is 0 Å². The molecule has 1 rings (SSSR count). The SMILES string of the molecule is CCCC(C)(CC)CC(Oc1ccc(C(CC)CC)cc1)OC(C)C. The molecule has 0 heterocycles. The van der Waals surface area contributed by atoms with Crippen molar-refractivity contribution in [1.29, 1.82) is 0 Å². The number of ether oxygens (including phenoxy) is 2. The average molecular weight is 349 g/mol. The van der Waals surface area contributed by atoms with Gasteiger partial charge in [0.25, 0.3) is 0 Å². The lowest BCUT2D eigenvalue weighted by molar-refractivity contribution is -0.129. The van der Waals surface area contributed by atoms with Crippen LogP contribution in [0.25, 0.3) is 0 Å². The van der Waals surface area contributed by atoms with Gasteiger partial charge in [-0.15, -0.1) is 0 Å². The molecule has 0 aliphatic carbocycles. The summed E-state index contributed by atoms with van der Waals surface area (Å²) in [6.07, 6.45) is 6.83. The summed E-state index contributed by atoms with van der Waals surface area (Å²) in [5.41, 5.74) is 1.67. The zero-order valence-corrected chi connectivity index (χ0v) is 17.6. The molecule has 0 saturated carbocycles. The molecule has 0 aliphatic rings. The van der Waals surface area contributed by atoms with Crippen molar-refractivity contribution in [2.75, 3.05) is 0 Å². The first-order valence-electron chi connectivity index (χ1n) is 10.3. The highest BCUT2D eigenvalue weighted by Gasteiger charge is 2.28. The highest BCUT2D eigenvalue weighted by atomic mass is 16.7. The summed E-state index contributed by atoms with van der Waals surface area (Å²) < 4.78 is 12.3. The second kappa shape index (κ2) is 10.9. The maximum absolute atomic E-state index is 6.25. The molecule has 1 aromatic rings. The minimum Gasteiger partial charge on any atom is -0.465 e. The fourth-order valence-electron chi connectivity index (χ4n) is 3.58. The van der Waals surface area contributed by atoms with Crippen LogP contribution < -0.4 is 4.74 Å². The number of hydrogen-bond donors (Lipinski definition) is 0. The van der Waals surface area contributed by atoms with Crippen molar-refractivity contribution in [3.8, 4) is 5.75 Å². The third-order valence-electron chi connectivity index (χ3n) is 5.40. The topological polar surface area (TPSA) is 18.5 Å². The summed E-state index contributed by atoms with van der Waals surface area (Å²) in [5.74, 6) is 1.56. The minimum absolute atomic E-state index is 0.163. The van der Waals surface area contributed by atoms with Gasteiger partial charge >= 0.3 is 0 Å². The predicted molar refractivity (Wildman–Crippen MR) is 108 cm³/mol. The summed E-state index contributed by atoms with van der Waals surface area (Å²) in [4.78, 5) is 0. The van der Waals surface area contributed by atoms with Gasteiger partial charge in [0.15, 0.2) is 0 Å². The normalized spacial score (nSPS) is 15.4. The molecule has 2 nitrogen and oxygen atoms in total. The highest BCUT2D eigenvalue weighted by molar-refractivity contribution is 5.29. The van der Waals surface area contributed by atoms with Crippen molar-refractivity contribution in [2.24, 2.45) is 5.41 Å². The van der Waals surface area contributed by atoms with Crippen molar-refractivity contribution in [3.05, 3.63) is 29.8 Å². The Labute approximate surface area is 156 Å². The van der Waals surface area contributed by atoms with Gasteiger partial charge in [0, 0.05) is 6.42 Å². The van der Waals surface area contributed by atoms with Gasteiger partial charge < -0.3 is 9.47 Å². The molecule has 2 unspecified atom stereocenters. The fourth-order valence-corrected chi connectivity index (χ4v) is 3.58. The number of rotatable bonds is 12. The van der Waals surface area contributed by atoms with Gasteiger partial charge in [0.2, 0.25) is 6.29 Å². The standard InChI is InChI=1S/C23H40O2/c1-8-16-23(7,11-4)17-22(24-18(5)6)25-21-14-12-20(13-15-21)19(9-2)10-3/h12-15,18-19,22H,8-11,16-17H2,1-7H3. The van der Waals surface area contributed by atoms with Crippen LogP contribution >= 0.6 is 0 Å². The predicted octanol–water partition coefficient (Wildman–Crippen LogP) is 7.33. The van der Waals surface area contributed by atoms with Gasteiger partial charge in [-0.2, -0.15) is 0 Å². The van der Waals surface area contributed by atoms with Crippen molar-refractivity contribution in [1.82, 2.24) is 0 Å². The van der Waals surface area contributed by atoms with Gasteiger partial charge in [-0.1, -0.05) is 59.6 Å². The maximum atomic E-state index is 6.25. The molecule has 0 amide bonds. The minimum atomic E-state index is -0.185. The van der Waals surface area contributed by atoms with E-state index in [1.165, 1.54) is 31.2 Å². The Morgan fingerprint density at radius 1 is 0.960 bits per heavy atom. The Morgan fingerprint density at radius 3 is 2.00 bits per heavy atom. The Bertz CT molecular complexity index is 461. The van der Waals surface area contributed by atoms with E-state index in [0.717, 1.165) is 18.6 Å². The number of benzene rings is 1. The van der Waals surface area contributed by atoms with Gasteiger partial charge in [-0.25, -0.2) is 0 Å². The van der Waals surface area contributed by atoms with Crippen LogP contribution in [-0.4, -0.2) is 12.4 Å². The third kappa shape index (κ3) is 7.40. The lowest BCUT2D eigenvalue weighted by atomic mass is 9.79. The van der Waals surface area contributed by atoms with Crippen molar-refractivity contribution in [3.63, 3.8) is 0 Å². The van der Waals surface area contributed by atoms with Crippen molar-refractivity contribution < 1.29 is 9.47 Å². The first-order valence-corrected chi connectivity index (χ1v) is 10.3. The van der Waals surface area contributed by atoms with Crippen LogP contribution in [0.15, 0.2) is 24.3 Å². The maximum Gasteiger partial charge on any atom is 0.200 e. The molecule has 25 heavy (non-hydrogen) atoms. The van der Waals surface area contributed by atoms with E-state index in [2.05, 4.69) is 72.7 Å². The second-order valence-electron chi connectivity index (χ2n) is 7.93. The van der Waals surface area contributed by atoms with Crippen LogP contribution in [0.4, 0.5) is 0 Å². The summed E-state index contributed by atoms with van der Waals surface area (Å²) in [6.45, 7) is 15.5. The quantitative estimate of drug-likeness (QED) is 0.368. The molecule has 0 spiro atoms. The first kappa shape index (κ1) is 22.0. The molecule has 0 fully saturated rings.